The number of amides is 1. The zero-order valence-corrected chi connectivity index (χ0v) is 12.0. The van der Waals surface area contributed by atoms with Crippen molar-refractivity contribution in [3.8, 4) is 0 Å². The number of carbonyl (C=O) groups excluding carboxylic acids is 1. The Morgan fingerprint density at radius 1 is 1.45 bits per heavy atom. The molecule has 1 aromatic rings. The molecule has 1 amide bonds. The van der Waals surface area contributed by atoms with E-state index in [-0.39, 0.29) is 5.91 Å². The van der Waals surface area contributed by atoms with Crippen LogP contribution in [0.1, 0.15) is 54.0 Å². The van der Waals surface area contributed by atoms with Crippen molar-refractivity contribution in [2.24, 2.45) is 11.8 Å². The van der Waals surface area contributed by atoms with Gasteiger partial charge in [-0.1, -0.05) is 12.8 Å². The van der Waals surface area contributed by atoms with E-state index in [4.69, 9.17) is 10.3 Å². The summed E-state index contributed by atoms with van der Waals surface area (Å²) in [6.07, 6.45) is 6.76. The van der Waals surface area contributed by atoms with Crippen LogP contribution >= 0.6 is 0 Å². The molecule has 0 radical (unpaired) electrons. The molecule has 2 fully saturated rings. The SMILES string of the molecule is Cc1oc(C(=O)NN)cc1CN1CCC2CCCCC21. The molecule has 0 aromatic carbocycles. The highest BCUT2D eigenvalue weighted by molar-refractivity contribution is 5.91. The average Bonchev–Trinajstić information content (AvgIpc) is 3.04. The van der Waals surface area contributed by atoms with E-state index in [1.165, 1.54) is 38.6 Å². The number of hydrazine groups is 1. The van der Waals surface area contributed by atoms with E-state index in [9.17, 15) is 4.79 Å². The third kappa shape index (κ3) is 2.47. The second-order valence-corrected chi connectivity index (χ2v) is 6.04. The monoisotopic (exact) mass is 277 g/mol. The number of nitrogens with two attached hydrogens (primary N) is 1. The summed E-state index contributed by atoms with van der Waals surface area (Å²) in [6, 6.07) is 2.55. The summed E-state index contributed by atoms with van der Waals surface area (Å²) in [7, 11) is 0. The third-order valence-electron chi connectivity index (χ3n) is 4.87. The first kappa shape index (κ1) is 13.6. The number of nitrogens with zero attached hydrogens (tertiary/aromatic N) is 1. The summed E-state index contributed by atoms with van der Waals surface area (Å²) < 4.78 is 5.49. The summed E-state index contributed by atoms with van der Waals surface area (Å²) in [4.78, 5) is 14.1. The van der Waals surface area contributed by atoms with Gasteiger partial charge in [-0.15, -0.1) is 0 Å². The highest BCUT2D eigenvalue weighted by Gasteiger charge is 2.35. The van der Waals surface area contributed by atoms with Gasteiger partial charge >= 0.3 is 5.91 Å². The molecule has 0 bridgehead atoms. The second kappa shape index (κ2) is 5.58. The van der Waals surface area contributed by atoms with Crippen LogP contribution in [0.4, 0.5) is 0 Å². The van der Waals surface area contributed by atoms with Crippen LogP contribution in [0.5, 0.6) is 0 Å². The lowest BCUT2D eigenvalue weighted by Crippen LogP contribution is -2.34. The number of nitrogen functional groups attached to an aromatic ring is 1. The van der Waals surface area contributed by atoms with E-state index in [0.717, 1.165) is 29.8 Å². The molecular weight excluding hydrogens is 254 g/mol. The standard InChI is InChI=1S/C15H23N3O2/c1-10-12(8-14(20-10)15(19)17-16)9-18-7-6-11-4-2-3-5-13(11)18/h8,11,13H,2-7,9,16H2,1H3,(H,17,19). The Hall–Kier alpha value is -1.33. The molecule has 2 aliphatic rings. The predicted molar refractivity (Wildman–Crippen MR) is 75.9 cm³/mol. The van der Waals surface area contributed by atoms with E-state index in [2.05, 4.69) is 10.3 Å². The Balaban J connectivity index is 1.71. The van der Waals surface area contributed by atoms with Crippen LogP contribution in [0.15, 0.2) is 10.5 Å². The smallest absolute Gasteiger partial charge is 0.300 e. The zero-order chi connectivity index (χ0) is 14.1. The average molecular weight is 277 g/mol. The lowest BCUT2D eigenvalue weighted by atomic mass is 9.85. The first-order chi connectivity index (χ1) is 9.69. The number of fused-ring (bicyclic) bond motifs is 1. The van der Waals surface area contributed by atoms with Crippen LogP contribution in [0.3, 0.4) is 0 Å². The minimum Gasteiger partial charge on any atom is -0.456 e. The molecule has 110 valence electrons. The van der Waals surface area contributed by atoms with Gasteiger partial charge in [0.25, 0.3) is 0 Å². The van der Waals surface area contributed by atoms with Gasteiger partial charge in [-0.2, -0.15) is 0 Å². The third-order valence-corrected chi connectivity index (χ3v) is 4.87. The van der Waals surface area contributed by atoms with Gasteiger partial charge in [0.15, 0.2) is 5.76 Å². The van der Waals surface area contributed by atoms with Gasteiger partial charge in [-0.25, -0.2) is 5.84 Å². The topological polar surface area (TPSA) is 71.5 Å². The molecule has 1 aliphatic carbocycles. The van der Waals surface area contributed by atoms with E-state index >= 15 is 0 Å². The molecule has 1 aliphatic heterocycles. The molecule has 3 rings (SSSR count). The molecule has 0 spiro atoms. The van der Waals surface area contributed by atoms with Crippen molar-refractivity contribution < 1.29 is 9.21 Å². The van der Waals surface area contributed by atoms with Gasteiger partial charge in [-0.3, -0.25) is 15.1 Å². The normalized spacial score (nSPS) is 26.5. The molecule has 5 heteroatoms. The van der Waals surface area contributed by atoms with Crippen molar-refractivity contribution in [1.82, 2.24) is 10.3 Å². The Kier molecular flexibility index (Phi) is 3.81. The van der Waals surface area contributed by atoms with Gasteiger partial charge in [0.05, 0.1) is 0 Å². The number of carbonyl (C=O) groups is 1. The lowest BCUT2D eigenvalue weighted by Gasteiger charge is -2.31. The highest BCUT2D eigenvalue weighted by atomic mass is 16.4. The Bertz CT molecular complexity index is 497. The molecule has 1 aromatic heterocycles. The number of hydrogen-bond acceptors (Lipinski definition) is 4. The number of likely N-dealkylation sites (tertiary alicyclic amines) is 1. The van der Waals surface area contributed by atoms with Crippen LogP contribution < -0.4 is 11.3 Å². The largest absolute Gasteiger partial charge is 0.456 e. The number of nitrogens with one attached hydrogen (secondary N) is 1. The number of rotatable bonds is 3. The van der Waals surface area contributed by atoms with Crippen LogP contribution in [0.25, 0.3) is 0 Å². The van der Waals surface area contributed by atoms with Crippen LogP contribution in [0.2, 0.25) is 0 Å². The van der Waals surface area contributed by atoms with E-state index in [1.807, 2.05) is 13.0 Å². The van der Waals surface area contributed by atoms with Crippen molar-refractivity contribution in [2.75, 3.05) is 6.54 Å². The summed E-state index contributed by atoms with van der Waals surface area (Å²) in [5.74, 6) is 6.78. The maximum atomic E-state index is 11.5. The first-order valence-corrected chi connectivity index (χ1v) is 7.53. The number of hydrogen-bond donors (Lipinski definition) is 2. The van der Waals surface area contributed by atoms with Crippen LogP contribution in [-0.2, 0) is 6.54 Å². The maximum Gasteiger partial charge on any atom is 0.300 e. The molecule has 2 atom stereocenters. The first-order valence-electron chi connectivity index (χ1n) is 7.53. The molecule has 1 saturated heterocycles. The Morgan fingerprint density at radius 2 is 2.25 bits per heavy atom. The molecule has 20 heavy (non-hydrogen) atoms. The maximum absolute atomic E-state index is 11.5. The van der Waals surface area contributed by atoms with Crippen molar-refractivity contribution in [2.45, 2.75) is 51.6 Å². The Morgan fingerprint density at radius 3 is 3.05 bits per heavy atom. The molecular formula is C15H23N3O2. The minimum atomic E-state index is -0.365. The molecule has 3 N–H and O–H groups in total. The number of furan rings is 1. The second-order valence-electron chi connectivity index (χ2n) is 6.04. The summed E-state index contributed by atoms with van der Waals surface area (Å²) in [6.45, 7) is 3.96. The van der Waals surface area contributed by atoms with Crippen LogP contribution in [0, 0.1) is 12.8 Å². The lowest BCUT2D eigenvalue weighted by molar-refractivity contribution is 0.0924. The molecule has 1 saturated carbocycles. The van der Waals surface area contributed by atoms with Gasteiger partial charge in [0.2, 0.25) is 0 Å². The Labute approximate surface area is 119 Å². The summed E-state index contributed by atoms with van der Waals surface area (Å²) in [5.41, 5.74) is 3.22. The van der Waals surface area contributed by atoms with Gasteiger partial charge in [0, 0.05) is 18.2 Å². The molecule has 5 nitrogen and oxygen atoms in total. The number of aryl methyl sites for hydroxylation is 1. The highest BCUT2D eigenvalue weighted by Crippen LogP contribution is 2.37. The van der Waals surface area contributed by atoms with Crippen molar-refractivity contribution in [1.29, 1.82) is 0 Å². The fourth-order valence-electron chi connectivity index (χ4n) is 3.78. The minimum absolute atomic E-state index is 0.305. The van der Waals surface area contributed by atoms with Gasteiger partial charge in [0.1, 0.15) is 5.76 Å². The predicted octanol–water partition coefficient (Wildman–Crippen LogP) is 1.96. The molecule has 2 unspecified atom stereocenters. The summed E-state index contributed by atoms with van der Waals surface area (Å²) >= 11 is 0. The fourth-order valence-corrected chi connectivity index (χ4v) is 3.78. The summed E-state index contributed by atoms with van der Waals surface area (Å²) in [5, 5.41) is 0. The van der Waals surface area contributed by atoms with E-state index in [1.54, 1.807) is 0 Å². The van der Waals surface area contributed by atoms with Crippen molar-refractivity contribution in [3.05, 3.63) is 23.2 Å². The zero-order valence-electron chi connectivity index (χ0n) is 12.0. The van der Waals surface area contributed by atoms with Gasteiger partial charge in [-0.05, 0) is 44.7 Å². The van der Waals surface area contributed by atoms with E-state index in [0.29, 0.717) is 5.76 Å². The molecule has 2 heterocycles. The van der Waals surface area contributed by atoms with Crippen LogP contribution in [-0.4, -0.2) is 23.4 Å². The van der Waals surface area contributed by atoms with Crippen molar-refractivity contribution >= 4 is 5.91 Å². The van der Waals surface area contributed by atoms with Gasteiger partial charge < -0.3 is 4.42 Å². The fraction of sp³-hybridized carbons (Fsp3) is 0.667. The van der Waals surface area contributed by atoms with Crippen molar-refractivity contribution in [3.63, 3.8) is 0 Å². The van der Waals surface area contributed by atoms with E-state index < -0.39 is 0 Å². The quantitative estimate of drug-likeness (QED) is 0.503.